The Labute approximate surface area is 148 Å². The zero-order chi connectivity index (χ0) is 17.5. The Morgan fingerprint density at radius 2 is 2.08 bits per heavy atom. The maximum absolute atomic E-state index is 13.2. The van der Waals surface area contributed by atoms with Crippen LogP contribution in [0.2, 0.25) is 0 Å². The summed E-state index contributed by atoms with van der Waals surface area (Å²) < 4.78 is 11.0. The van der Waals surface area contributed by atoms with Gasteiger partial charge in [-0.15, -0.1) is 0 Å². The molecule has 2 unspecified atom stereocenters. The average molecular weight is 340 g/mol. The molecular weight excluding hydrogens is 316 g/mol. The summed E-state index contributed by atoms with van der Waals surface area (Å²) in [6.45, 7) is 2.60. The van der Waals surface area contributed by atoms with Gasteiger partial charge in [-0.2, -0.15) is 0 Å². The fourth-order valence-corrected chi connectivity index (χ4v) is 3.13. The molecule has 5 heteroatoms. The number of nitrogens with zero attached hydrogens (tertiary/aromatic N) is 2. The van der Waals surface area contributed by atoms with E-state index in [9.17, 15) is 4.79 Å². The van der Waals surface area contributed by atoms with Crippen LogP contribution in [0.3, 0.4) is 0 Å². The van der Waals surface area contributed by atoms with E-state index in [1.165, 1.54) is 0 Å². The van der Waals surface area contributed by atoms with E-state index in [0.717, 1.165) is 24.3 Å². The van der Waals surface area contributed by atoms with E-state index in [2.05, 4.69) is 4.98 Å². The number of methoxy groups -OCH3 is 1. The third-order valence-electron chi connectivity index (χ3n) is 4.46. The Kier molecular flexibility index (Phi) is 6.14. The van der Waals surface area contributed by atoms with Gasteiger partial charge in [0.2, 0.25) is 0 Å². The zero-order valence-corrected chi connectivity index (χ0v) is 14.5. The van der Waals surface area contributed by atoms with Crippen molar-refractivity contribution in [1.82, 2.24) is 9.88 Å². The molecule has 2 atom stereocenters. The van der Waals surface area contributed by atoms with Crippen LogP contribution in [0.5, 0.6) is 0 Å². The maximum atomic E-state index is 13.2. The van der Waals surface area contributed by atoms with Crippen LogP contribution < -0.4 is 0 Å². The third kappa shape index (κ3) is 4.65. The maximum Gasteiger partial charge on any atom is 0.256 e. The number of carbonyl (C=O) groups is 1. The van der Waals surface area contributed by atoms with Crippen molar-refractivity contribution in [2.24, 2.45) is 5.92 Å². The van der Waals surface area contributed by atoms with Gasteiger partial charge in [0.05, 0.1) is 18.8 Å². The monoisotopic (exact) mass is 340 g/mol. The number of hydrogen-bond donors (Lipinski definition) is 0. The predicted octanol–water partition coefficient (Wildman–Crippen LogP) is 2.83. The molecule has 1 aromatic heterocycles. The highest BCUT2D eigenvalue weighted by molar-refractivity contribution is 5.82. The van der Waals surface area contributed by atoms with Gasteiger partial charge in [0.15, 0.2) is 6.10 Å². The van der Waals surface area contributed by atoms with Crippen molar-refractivity contribution in [3.8, 4) is 0 Å². The van der Waals surface area contributed by atoms with Crippen LogP contribution in [0.15, 0.2) is 54.7 Å². The molecule has 132 valence electrons. The molecule has 2 heterocycles. The van der Waals surface area contributed by atoms with Gasteiger partial charge in [0.1, 0.15) is 0 Å². The normalized spacial score (nSPS) is 18.0. The predicted molar refractivity (Wildman–Crippen MR) is 94.8 cm³/mol. The lowest BCUT2D eigenvalue weighted by Gasteiger charge is -2.28. The van der Waals surface area contributed by atoms with E-state index in [-0.39, 0.29) is 5.91 Å². The van der Waals surface area contributed by atoms with Crippen LogP contribution in [-0.2, 0) is 20.8 Å². The molecule has 25 heavy (non-hydrogen) atoms. The lowest BCUT2D eigenvalue weighted by Crippen LogP contribution is -2.39. The van der Waals surface area contributed by atoms with E-state index in [0.29, 0.717) is 25.6 Å². The second-order valence-corrected chi connectivity index (χ2v) is 6.30. The highest BCUT2D eigenvalue weighted by Crippen LogP contribution is 2.23. The van der Waals surface area contributed by atoms with Crippen LogP contribution in [-0.4, -0.2) is 42.7 Å². The van der Waals surface area contributed by atoms with Crippen LogP contribution in [0, 0.1) is 5.92 Å². The van der Waals surface area contributed by atoms with Crippen molar-refractivity contribution in [3.05, 3.63) is 66.0 Å². The number of hydrogen-bond acceptors (Lipinski definition) is 4. The minimum atomic E-state index is -0.604. The molecule has 3 rings (SSSR count). The molecular formula is C20H24N2O3. The van der Waals surface area contributed by atoms with Gasteiger partial charge >= 0.3 is 0 Å². The lowest BCUT2D eigenvalue weighted by molar-refractivity contribution is -0.143. The van der Waals surface area contributed by atoms with Crippen molar-refractivity contribution >= 4 is 5.91 Å². The first-order valence-corrected chi connectivity index (χ1v) is 8.62. The van der Waals surface area contributed by atoms with E-state index in [1.807, 2.05) is 53.4 Å². The van der Waals surface area contributed by atoms with Crippen LogP contribution in [0.1, 0.15) is 23.8 Å². The molecule has 0 saturated carbocycles. The van der Waals surface area contributed by atoms with Gasteiger partial charge in [-0.1, -0.05) is 36.4 Å². The summed E-state index contributed by atoms with van der Waals surface area (Å²) in [7, 11) is 1.58. The summed E-state index contributed by atoms with van der Waals surface area (Å²) in [6, 6.07) is 15.4. The van der Waals surface area contributed by atoms with Crippen LogP contribution >= 0.6 is 0 Å². The fraction of sp³-hybridized carbons (Fsp3) is 0.400. The molecule has 1 aromatic carbocycles. The molecule has 1 amide bonds. The highest BCUT2D eigenvalue weighted by Gasteiger charge is 2.29. The number of amides is 1. The SMILES string of the molecule is COC(C(=O)N(Cc1ccccn1)CC1CCOC1)c1ccccc1. The lowest BCUT2D eigenvalue weighted by atomic mass is 10.1. The van der Waals surface area contributed by atoms with Crippen LogP contribution in [0.25, 0.3) is 0 Å². The van der Waals surface area contributed by atoms with Crippen LogP contribution in [0.4, 0.5) is 0 Å². The molecule has 1 aliphatic rings. The van der Waals surface area contributed by atoms with Gasteiger partial charge in [0, 0.05) is 32.4 Å². The van der Waals surface area contributed by atoms with Crippen molar-refractivity contribution in [1.29, 1.82) is 0 Å². The van der Waals surface area contributed by atoms with Gasteiger partial charge in [-0.3, -0.25) is 9.78 Å². The first-order chi connectivity index (χ1) is 12.3. The fourth-order valence-electron chi connectivity index (χ4n) is 3.13. The largest absolute Gasteiger partial charge is 0.381 e. The first-order valence-electron chi connectivity index (χ1n) is 8.62. The second kappa shape index (κ2) is 8.74. The summed E-state index contributed by atoms with van der Waals surface area (Å²) in [5, 5.41) is 0. The summed E-state index contributed by atoms with van der Waals surface area (Å²) in [6.07, 6.45) is 2.13. The van der Waals surface area contributed by atoms with Crippen molar-refractivity contribution in [2.75, 3.05) is 26.9 Å². The zero-order valence-electron chi connectivity index (χ0n) is 14.5. The topological polar surface area (TPSA) is 51.7 Å². The number of pyridine rings is 1. The Morgan fingerprint density at radius 1 is 1.28 bits per heavy atom. The second-order valence-electron chi connectivity index (χ2n) is 6.30. The Bertz CT molecular complexity index is 657. The number of aromatic nitrogens is 1. The Hall–Kier alpha value is -2.24. The van der Waals surface area contributed by atoms with Crippen molar-refractivity contribution < 1.29 is 14.3 Å². The van der Waals surface area contributed by atoms with Gasteiger partial charge in [-0.25, -0.2) is 0 Å². The quantitative estimate of drug-likeness (QED) is 0.778. The molecule has 0 aliphatic carbocycles. The van der Waals surface area contributed by atoms with E-state index < -0.39 is 6.10 Å². The summed E-state index contributed by atoms with van der Waals surface area (Å²) in [5.74, 6) is 0.326. The van der Waals surface area contributed by atoms with Crippen molar-refractivity contribution in [2.45, 2.75) is 19.1 Å². The molecule has 0 spiro atoms. The van der Waals surface area contributed by atoms with Gasteiger partial charge in [-0.05, 0) is 24.1 Å². The summed E-state index contributed by atoms with van der Waals surface area (Å²) >= 11 is 0. The molecule has 1 aliphatic heterocycles. The molecule has 0 radical (unpaired) electrons. The Morgan fingerprint density at radius 3 is 2.72 bits per heavy atom. The number of ether oxygens (including phenoxy) is 2. The minimum Gasteiger partial charge on any atom is -0.381 e. The molecule has 2 aromatic rings. The molecule has 1 saturated heterocycles. The minimum absolute atomic E-state index is 0.0359. The summed E-state index contributed by atoms with van der Waals surface area (Å²) in [4.78, 5) is 19.4. The van der Waals surface area contributed by atoms with E-state index in [1.54, 1.807) is 13.3 Å². The van der Waals surface area contributed by atoms with E-state index >= 15 is 0 Å². The number of carbonyl (C=O) groups excluding carboxylic acids is 1. The van der Waals surface area contributed by atoms with Crippen molar-refractivity contribution in [3.63, 3.8) is 0 Å². The molecule has 1 fully saturated rings. The number of rotatable bonds is 7. The van der Waals surface area contributed by atoms with E-state index in [4.69, 9.17) is 9.47 Å². The average Bonchev–Trinajstić information content (AvgIpc) is 3.17. The third-order valence-corrected chi connectivity index (χ3v) is 4.46. The highest BCUT2D eigenvalue weighted by atomic mass is 16.5. The first kappa shape index (κ1) is 17.6. The van der Waals surface area contributed by atoms with Gasteiger partial charge < -0.3 is 14.4 Å². The number of benzene rings is 1. The van der Waals surface area contributed by atoms with Gasteiger partial charge in [0.25, 0.3) is 5.91 Å². The smallest absolute Gasteiger partial charge is 0.256 e. The molecule has 0 N–H and O–H groups in total. The molecule has 0 bridgehead atoms. The Balaban J connectivity index is 1.79. The summed E-state index contributed by atoms with van der Waals surface area (Å²) in [5.41, 5.74) is 1.74. The molecule has 5 nitrogen and oxygen atoms in total. The standard InChI is InChI=1S/C20H24N2O3/c1-24-19(17-7-3-2-4-8-17)20(23)22(13-16-10-12-25-15-16)14-18-9-5-6-11-21-18/h2-9,11,16,19H,10,12-15H2,1H3.